The summed E-state index contributed by atoms with van der Waals surface area (Å²) in [5.74, 6) is -0.398. The van der Waals surface area contributed by atoms with Gasteiger partial charge < -0.3 is 15.2 Å². The Hall–Kier alpha value is -0.610. The van der Waals surface area contributed by atoms with Crippen LogP contribution in [0.15, 0.2) is 0 Å². The zero-order valence-corrected chi connectivity index (χ0v) is 6.54. The average Bonchev–Trinajstić information content (AvgIpc) is 2.37. The quantitative estimate of drug-likeness (QED) is 0.593. The van der Waals surface area contributed by atoms with Gasteiger partial charge in [0.2, 0.25) is 0 Å². The molecule has 0 amide bonds. The van der Waals surface area contributed by atoms with Crippen LogP contribution in [0.4, 0.5) is 0 Å². The number of hydrogen-bond donors (Lipinski definition) is 2. The molecule has 0 aromatic heterocycles. The molecule has 0 aliphatic carbocycles. The summed E-state index contributed by atoms with van der Waals surface area (Å²) in [6.45, 7) is 1.40. The van der Waals surface area contributed by atoms with Gasteiger partial charge in [0.25, 0.3) is 0 Å². The second-order valence-electron chi connectivity index (χ2n) is 2.86. The van der Waals surface area contributed by atoms with Crippen molar-refractivity contribution in [3.05, 3.63) is 0 Å². The van der Waals surface area contributed by atoms with Crippen molar-refractivity contribution < 1.29 is 14.6 Å². The van der Waals surface area contributed by atoms with Crippen LogP contribution in [-0.4, -0.2) is 37.4 Å². The van der Waals surface area contributed by atoms with Crippen LogP contribution in [0.1, 0.15) is 6.42 Å². The van der Waals surface area contributed by atoms with E-state index in [1.165, 1.54) is 0 Å². The van der Waals surface area contributed by atoms with E-state index in [-0.39, 0.29) is 6.04 Å². The fraction of sp³-hybridized carbons (Fsp3) is 0.857. The van der Waals surface area contributed by atoms with E-state index in [0.29, 0.717) is 18.9 Å². The highest BCUT2D eigenvalue weighted by molar-refractivity contribution is 5.73. The van der Waals surface area contributed by atoms with Crippen LogP contribution < -0.4 is 5.32 Å². The molecule has 0 radical (unpaired) electrons. The molecule has 1 rings (SSSR count). The van der Waals surface area contributed by atoms with Gasteiger partial charge in [-0.15, -0.1) is 0 Å². The molecule has 1 aliphatic heterocycles. The molecule has 1 unspecified atom stereocenters. The first-order chi connectivity index (χ1) is 5.24. The number of ether oxygens (including phenoxy) is 1. The molecule has 4 nitrogen and oxygen atoms in total. The number of carboxylic acids is 1. The summed E-state index contributed by atoms with van der Waals surface area (Å²) in [5, 5.41) is 11.5. The fourth-order valence-electron chi connectivity index (χ4n) is 1.36. The van der Waals surface area contributed by atoms with E-state index in [1.54, 1.807) is 7.11 Å². The molecule has 64 valence electrons. The van der Waals surface area contributed by atoms with Crippen molar-refractivity contribution in [3.8, 4) is 0 Å². The molecule has 1 aliphatic rings. The Kier molecular flexibility index (Phi) is 2.84. The van der Waals surface area contributed by atoms with Gasteiger partial charge in [-0.05, 0) is 12.3 Å². The van der Waals surface area contributed by atoms with Crippen molar-refractivity contribution in [2.24, 2.45) is 5.92 Å². The van der Waals surface area contributed by atoms with Gasteiger partial charge in [0.15, 0.2) is 0 Å². The fourth-order valence-corrected chi connectivity index (χ4v) is 1.36. The van der Waals surface area contributed by atoms with Crippen LogP contribution >= 0.6 is 0 Å². The largest absolute Gasteiger partial charge is 0.480 e. The molecule has 0 aromatic carbocycles. The van der Waals surface area contributed by atoms with Gasteiger partial charge in [0, 0.05) is 13.7 Å². The summed E-state index contributed by atoms with van der Waals surface area (Å²) in [7, 11) is 1.63. The van der Waals surface area contributed by atoms with Crippen LogP contribution in [0.5, 0.6) is 0 Å². The smallest absolute Gasteiger partial charge is 0.320 e. The third-order valence-electron chi connectivity index (χ3n) is 1.92. The van der Waals surface area contributed by atoms with E-state index in [1.807, 2.05) is 0 Å². The van der Waals surface area contributed by atoms with Crippen LogP contribution in [0.25, 0.3) is 0 Å². The van der Waals surface area contributed by atoms with Gasteiger partial charge in [-0.25, -0.2) is 0 Å². The Morgan fingerprint density at radius 2 is 2.55 bits per heavy atom. The van der Waals surface area contributed by atoms with E-state index < -0.39 is 5.97 Å². The van der Waals surface area contributed by atoms with E-state index in [0.717, 1.165) is 6.54 Å². The molecule has 0 aromatic rings. The number of hydrogen-bond acceptors (Lipinski definition) is 3. The zero-order valence-electron chi connectivity index (χ0n) is 6.54. The topological polar surface area (TPSA) is 58.6 Å². The molecule has 0 bridgehead atoms. The van der Waals surface area contributed by atoms with Crippen LogP contribution in [0.3, 0.4) is 0 Å². The Morgan fingerprint density at radius 3 is 3.00 bits per heavy atom. The molecular formula is C7H13NO3. The molecule has 11 heavy (non-hydrogen) atoms. The van der Waals surface area contributed by atoms with Gasteiger partial charge in [0.05, 0.1) is 6.61 Å². The van der Waals surface area contributed by atoms with Crippen LogP contribution in [0, 0.1) is 5.92 Å². The van der Waals surface area contributed by atoms with Crippen molar-refractivity contribution >= 4 is 5.97 Å². The van der Waals surface area contributed by atoms with Gasteiger partial charge in [-0.2, -0.15) is 0 Å². The van der Waals surface area contributed by atoms with E-state index in [2.05, 4.69) is 5.32 Å². The number of carboxylic acid groups (broad SMARTS) is 1. The molecule has 4 heteroatoms. The van der Waals surface area contributed by atoms with Crippen LogP contribution in [0.2, 0.25) is 0 Å². The van der Waals surface area contributed by atoms with Gasteiger partial charge >= 0.3 is 5.97 Å². The molecule has 0 spiro atoms. The van der Waals surface area contributed by atoms with Crippen LogP contribution in [-0.2, 0) is 9.53 Å². The summed E-state index contributed by atoms with van der Waals surface area (Å²) in [4.78, 5) is 10.4. The molecular weight excluding hydrogens is 146 g/mol. The minimum atomic E-state index is -0.761. The van der Waals surface area contributed by atoms with E-state index in [4.69, 9.17) is 9.84 Å². The minimum absolute atomic E-state index is 0.362. The van der Waals surface area contributed by atoms with E-state index in [9.17, 15) is 4.79 Å². The summed E-state index contributed by atoms with van der Waals surface area (Å²) < 4.78 is 4.92. The average molecular weight is 159 g/mol. The second-order valence-corrected chi connectivity index (χ2v) is 2.86. The maximum absolute atomic E-state index is 10.4. The molecule has 1 fully saturated rings. The lowest BCUT2D eigenvalue weighted by Gasteiger charge is -2.04. The SMILES string of the molecule is COC[C@@H]1CNC(C(=O)O)C1. The Labute approximate surface area is 65.5 Å². The highest BCUT2D eigenvalue weighted by Crippen LogP contribution is 2.13. The van der Waals surface area contributed by atoms with E-state index >= 15 is 0 Å². The monoisotopic (exact) mass is 159 g/mol. The zero-order chi connectivity index (χ0) is 8.27. The molecule has 1 heterocycles. The van der Waals surface area contributed by atoms with Gasteiger partial charge in [-0.1, -0.05) is 0 Å². The lowest BCUT2D eigenvalue weighted by molar-refractivity contribution is -0.139. The number of carbonyl (C=O) groups is 1. The Bertz CT molecular complexity index is 149. The Balaban J connectivity index is 2.29. The first-order valence-electron chi connectivity index (χ1n) is 3.69. The molecule has 0 saturated carbocycles. The Morgan fingerprint density at radius 1 is 1.82 bits per heavy atom. The van der Waals surface area contributed by atoms with Gasteiger partial charge in [0.1, 0.15) is 6.04 Å². The number of aliphatic carboxylic acids is 1. The predicted octanol–water partition coefficient (Wildman–Crippen LogP) is -0.305. The normalized spacial score (nSPS) is 30.6. The van der Waals surface area contributed by atoms with Crippen molar-refractivity contribution in [2.75, 3.05) is 20.3 Å². The number of rotatable bonds is 3. The predicted molar refractivity (Wildman–Crippen MR) is 39.4 cm³/mol. The van der Waals surface area contributed by atoms with Crippen molar-refractivity contribution in [1.29, 1.82) is 0 Å². The first kappa shape index (κ1) is 8.49. The summed E-state index contributed by atoms with van der Waals surface area (Å²) in [6.07, 6.45) is 0.684. The maximum atomic E-state index is 10.4. The summed E-state index contributed by atoms with van der Waals surface area (Å²) in [5.41, 5.74) is 0. The van der Waals surface area contributed by atoms with Gasteiger partial charge in [-0.3, -0.25) is 4.79 Å². The molecule has 1 saturated heterocycles. The molecule has 2 N–H and O–H groups in total. The highest BCUT2D eigenvalue weighted by atomic mass is 16.5. The lowest BCUT2D eigenvalue weighted by Crippen LogP contribution is -2.29. The lowest BCUT2D eigenvalue weighted by atomic mass is 10.1. The minimum Gasteiger partial charge on any atom is -0.480 e. The van der Waals surface area contributed by atoms with Crippen molar-refractivity contribution in [1.82, 2.24) is 5.32 Å². The standard InChI is InChI=1S/C7H13NO3/c1-11-4-5-2-6(7(9)10)8-3-5/h5-6,8H,2-4H2,1H3,(H,9,10)/t5-,6?/m0/s1. The number of methoxy groups -OCH3 is 1. The third-order valence-corrected chi connectivity index (χ3v) is 1.92. The van der Waals surface area contributed by atoms with Crippen molar-refractivity contribution in [2.45, 2.75) is 12.5 Å². The first-order valence-corrected chi connectivity index (χ1v) is 3.69. The summed E-state index contributed by atoms with van der Waals surface area (Å²) in [6, 6.07) is -0.366. The van der Waals surface area contributed by atoms with Crippen molar-refractivity contribution in [3.63, 3.8) is 0 Å². The maximum Gasteiger partial charge on any atom is 0.320 e. The second kappa shape index (κ2) is 3.69. The highest BCUT2D eigenvalue weighted by Gasteiger charge is 2.28. The third kappa shape index (κ3) is 2.17. The number of nitrogens with one attached hydrogen (secondary N) is 1. The molecule has 2 atom stereocenters. The summed E-state index contributed by atoms with van der Waals surface area (Å²) >= 11 is 0.